The molecule has 1 aromatic carbocycles. The molecule has 2 fully saturated rings. The van der Waals surface area contributed by atoms with Crippen LogP contribution in [-0.4, -0.2) is 65.8 Å². The SMILES string of the molecule is Cc1ccc(C(=O)N2CCOC3(CCN(Cc4cc(CCO)ccc4F)CC3)C2)s1. The second-order valence-corrected chi connectivity index (χ2v) is 9.63. The number of carbonyl (C=O) groups is 1. The molecule has 2 aliphatic rings. The molecule has 30 heavy (non-hydrogen) atoms. The van der Waals surface area contributed by atoms with Crippen molar-refractivity contribution in [1.29, 1.82) is 0 Å². The van der Waals surface area contributed by atoms with Crippen LogP contribution >= 0.6 is 11.3 Å². The third kappa shape index (κ3) is 4.75. The maximum absolute atomic E-state index is 14.3. The largest absolute Gasteiger partial charge is 0.396 e. The minimum absolute atomic E-state index is 0.0644. The first-order chi connectivity index (χ1) is 14.5. The van der Waals surface area contributed by atoms with Gasteiger partial charge in [-0.05, 0) is 49.9 Å². The van der Waals surface area contributed by atoms with E-state index in [0.29, 0.717) is 38.2 Å². The lowest BCUT2D eigenvalue weighted by molar-refractivity contribution is -0.127. The van der Waals surface area contributed by atoms with Crippen molar-refractivity contribution in [2.24, 2.45) is 0 Å². The summed E-state index contributed by atoms with van der Waals surface area (Å²) in [4.78, 5) is 19.0. The van der Waals surface area contributed by atoms with Gasteiger partial charge in [0.15, 0.2) is 0 Å². The average molecular weight is 433 g/mol. The van der Waals surface area contributed by atoms with Crippen LogP contribution in [0.1, 0.15) is 38.5 Å². The van der Waals surface area contributed by atoms with E-state index in [0.717, 1.165) is 41.2 Å². The van der Waals surface area contributed by atoms with Gasteiger partial charge in [0, 0.05) is 43.2 Å². The fourth-order valence-corrected chi connectivity index (χ4v) is 5.25. The van der Waals surface area contributed by atoms with Crippen molar-refractivity contribution in [2.45, 2.75) is 38.3 Å². The van der Waals surface area contributed by atoms with Crippen molar-refractivity contribution in [2.75, 3.05) is 39.4 Å². The molecule has 162 valence electrons. The standard InChI is InChI=1S/C23H29FN2O3S/c1-17-2-5-21(30-17)22(28)26-11-13-29-23(16-26)7-9-25(10-8-23)15-19-14-18(6-12-27)3-4-20(19)24/h2-5,14,27H,6-13,15-16H2,1H3. The van der Waals surface area contributed by atoms with Gasteiger partial charge in [-0.3, -0.25) is 9.69 Å². The van der Waals surface area contributed by atoms with Gasteiger partial charge in [0.2, 0.25) is 0 Å². The summed E-state index contributed by atoms with van der Waals surface area (Å²) in [5, 5.41) is 9.13. The lowest BCUT2D eigenvalue weighted by atomic mass is 9.89. The number of amides is 1. The molecule has 0 bridgehead atoms. The van der Waals surface area contributed by atoms with Gasteiger partial charge >= 0.3 is 0 Å². The van der Waals surface area contributed by atoms with Crippen molar-refractivity contribution >= 4 is 17.2 Å². The number of ether oxygens (including phenoxy) is 1. The topological polar surface area (TPSA) is 53.0 Å². The van der Waals surface area contributed by atoms with Crippen molar-refractivity contribution < 1.29 is 19.0 Å². The summed E-state index contributed by atoms with van der Waals surface area (Å²) in [6.07, 6.45) is 2.20. The first-order valence-electron chi connectivity index (χ1n) is 10.6. The van der Waals surface area contributed by atoms with Crippen LogP contribution in [0, 0.1) is 12.7 Å². The second kappa shape index (κ2) is 9.14. The van der Waals surface area contributed by atoms with Crippen LogP contribution in [0.5, 0.6) is 0 Å². The van der Waals surface area contributed by atoms with Crippen LogP contribution in [0.25, 0.3) is 0 Å². The number of likely N-dealkylation sites (tertiary alicyclic amines) is 1. The van der Waals surface area contributed by atoms with Gasteiger partial charge in [0.05, 0.1) is 23.6 Å². The van der Waals surface area contributed by atoms with E-state index >= 15 is 0 Å². The summed E-state index contributed by atoms with van der Waals surface area (Å²) in [6.45, 7) is 6.07. The molecule has 2 aromatic rings. The smallest absolute Gasteiger partial charge is 0.264 e. The number of nitrogens with zero attached hydrogens (tertiary/aromatic N) is 2. The summed E-state index contributed by atoms with van der Waals surface area (Å²) >= 11 is 1.54. The maximum Gasteiger partial charge on any atom is 0.264 e. The third-order valence-corrected chi connectivity index (χ3v) is 7.15. The van der Waals surface area contributed by atoms with Gasteiger partial charge in [-0.15, -0.1) is 11.3 Å². The Bertz CT molecular complexity index is 892. The zero-order valence-electron chi connectivity index (χ0n) is 17.4. The highest BCUT2D eigenvalue weighted by Crippen LogP contribution is 2.32. The number of halogens is 1. The monoisotopic (exact) mass is 432 g/mol. The van der Waals surface area contributed by atoms with Crippen LogP contribution in [-0.2, 0) is 17.7 Å². The predicted octanol–water partition coefficient (Wildman–Crippen LogP) is 3.24. The summed E-state index contributed by atoms with van der Waals surface area (Å²) in [6, 6.07) is 8.98. The maximum atomic E-state index is 14.3. The number of thiophene rings is 1. The number of aliphatic hydroxyl groups excluding tert-OH is 1. The lowest BCUT2D eigenvalue weighted by Crippen LogP contribution is -2.57. The molecule has 4 rings (SSSR count). The molecule has 1 N–H and O–H groups in total. The third-order valence-electron chi connectivity index (χ3n) is 6.16. The molecule has 5 nitrogen and oxygen atoms in total. The number of piperidine rings is 1. The van der Waals surface area contributed by atoms with Gasteiger partial charge < -0.3 is 14.7 Å². The Balaban J connectivity index is 1.36. The highest BCUT2D eigenvalue weighted by atomic mass is 32.1. The number of hydrogen-bond donors (Lipinski definition) is 1. The molecule has 2 saturated heterocycles. The van der Waals surface area contributed by atoms with E-state index in [9.17, 15) is 9.18 Å². The first kappa shape index (κ1) is 21.4. The van der Waals surface area contributed by atoms with Gasteiger partial charge in [0.25, 0.3) is 5.91 Å². The quantitative estimate of drug-likeness (QED) is 0.788. The zero-order valence-corrected chi connectivity index (χ0v) is 18.2. The highest BCUT2D eigenvalue weighted by Gasteiger charge is 2.41. The second-order valence-electron chi connectivity index (χ2n) is 8.34. The zero-order chi connectivity index (χ0) is 21.1. The van der Waals surface area contributed by atoms with E-state index in [2.05, 4.69) is 4.90 Å². The van der Waals surface area contributed by atoms with E-state index < -0.39 is 0 Å². The first-order valence-corrected chi connectivity index (χ1v) is 11.4. The molecule has 0 radical (unpaired) electrons. The van der Waals surface area contributed by atoms with Crippen molar-refractivity contribution in [1.82, 2.24) is 9.80 Å². The number of morpholine rings is 1. The molecule has 2 aliphatic heterocycles. The minimum Gasteiger partial charge on any atom is -0.396 e. The lowest BCUT2D eigenvalue weighted by Gasteiger charge is -2.47. The van der Waals surface area contributed by atoms with Crippen molar-refractivity contribution in [3.8, 4) is 0 Å². The Labute approximate surface area is 181 Å². The molecule has 0 saturated carbocycles. The molecule has 1 spiro atoms. The minimum atomic E-state index is -0.298. The fraction of sp³-hybridized carbons (Fsp3) is 0.522. The Morgan fingerprint density at radius 2 is 2.03 bits per heavy atom. The number of aryl methyl sites for hydroxylation is 1. The van der Waals surface area contributed by atoms with E-state index in [4.69, 9.17) is 9.84 Å². The normalized spacial score (nSPS) is 19.4. The van der Waals surface area contributed by atoms with Crippen LogP contribution in [0.4, 0.5) is 4.39 Å². The van der Waals surface area contributed by atoms with Crippen LogP contribution in [0.3, 0.4) is 0 Å². The number of benzene rings is 1. The molecular formula is C23H29FN2O3S. The van der Waals surface area contributed by atoms with E-state index in [1.807, 2.05) is 30.0 Å². The van der Waals surface area contributed by atoms with Crippen molar-refractivity contribution in [3.05, 3.63) is 57.0 Å². The van der Waals surface area contributed by atoms with Gasteiger partial charge in [-0.2, -0.15) is 0 Å². The van der Waals surface area contributed by atoms with Gasteiger partial charge in [0.1, 0.15) is 5.82 Å². The Hall–Kier alpha value is -1.80. The van der Waals surface area contributed by atoms with E-state index in [-0.39, 0.29) is 23.9 Å². The molecule has 3 heterocycles. The molecule has 0 atom stereocenters. The number of rotatable bonds is 5. The molecule has 0 unspecified atom stereocenters. The number of hydrogen-bond acceptors (Lipinski definition) is 5. The van der Waals surface area contributed by atoms with E-state index in [1.54, 1.807) is 17.4 Å². The molecule has 7 heteroatoms. The molecule has 0 aliphatic carbocycles. The fourth-order valence-electron chi connectivity index (χ4n) is 4.42. The number of carbonyl (C=O) groups excluding carboxylic acids is 1. The van der Waals surface area contributed by atoms with Gasteiger partial charge in [-0.1, -0.05) is 12.1 Å². The molecule has 1 amide bonds. The summed E-state index contributed by atoms with van der Waals surface area (Å²) in [7, 11) is 0. The summed E-state index contributed by atoms with van der Waals surface area (Å²) in [5.41, 5.74) is 1.33. The van der Waals surface area contributed by atoms with Crippen LogP contribution in [0.15, 0.2) is 30.3 Å². The highest BCUT2D eigenvalue weighted by molar-refractivity contribution is 7.13. The van der Waals surface area contributed by atoms with Gasteiger partial charge in [-0.25, -0.2) is 4.39 Å². The summed E-state index contributed by atoms with van der Waals surface area (Å²) < 4.78 is 20.4. The summed E-state index contributed by atoms with van der Waals surface area (Å²) in [5.74, 6) is -0.102. The van der Waals surface area contributed by atoms with E-state index in [1.165, 1.54) is 6.07 Å². The Kier molecular flexibility index (Phi) is 6.53. The molecular weight excluding hydrogens is 403 g/mol. The van der Waals surface area contributed by atoms with Crippen LogP contribution < -0.4 is 0 Å². The predicted molar refractivity (Wildman–Crippen MR) is 115 cm³/mol. The number of aliphatic hydroxyl groups is 1. The molecule has 1 aromatic heterocycles. The Morgan fingerprint density at radius 3 is 2.73 bits per heavy atom. The van der Waals surface area contributed by atoms with Crippen LogP contribution in [0.2, 0.25) is 0 Å². The van der Waals surface area contributed by atoms with Crippen molar-refractivity contribution in [3.63, 3.8) is 0 Å². The Morgan fingerprint density at radius 1 is 1.23 bits per heavy atom. The average Bonchev–Trinajstić information content (AvgIpc) is 3.18.